The summed E-state index contributed by atoms with van der Waals surface area (Å²) in [6.45, 7) is 6.01. The van der Waals surface area contributed by atoms with E-state index in [-0.39, 0.29) is 13.0 Å². The normalized spacial score (nSPS) is 17.4. The number of amidine groups is 1. The second-order valence-electron chi connectivity index (χ2n) is 8.75. The van der Waals surface area contributed by atoms with Crippen LogP contribution in [0.5, 0.6) is 0 Å². The first-order valence-electron chi connectivity index (χ1n) is 10.3. The lowest BCUT2D eigenvalue weighted by molar-refractivity contribution is -0.143. The molecule has 1 fully saturated rings. The van der Waals surface area contributed by atoms with Crippen molar-refractivity contribution in [3.8, 4) is 0 Å². The van der Waals surface area contributed by atoms with Crippen molar-refractivity contribution in [1.29, 1.82) is 0 Å². The third-order valence-corrected chi connectivity index (χ3v) is 6.35. The van der Waals surface area contributed by atoms with Crippen LogP contribution in [0.1, 0.15) is 37.2 Å². The largest absolute Gasteiger partial charge is 0.481 e. The zero-order valence-corrected chi connectivity index (χ0v) is 18.5. The van der Waals surface area contributed by atoms with Crippen LogP contribution >= 0.6 is 11.6 Å². The molecule has 2 aromatic rings. The number of aliphatic imine (C=N–C) groups is 1. The van der Waals surface area contributed by atoms with Crippen molar-refractivity contribution in [2.45, 2.75) is 38.5 Å². The molecular weight excluding hydrogens is 445 g/mol. The first-order valence-corrected chi connectivity index (χ1v) is 10.7. The summed E-state index contributed by atoms with van der Waals surface area (Å²) >= 11 is 6.10. The molecule has 32 heavy (non-hydrogen) atoms. The van der Waals surface area contributed by atoms with E-state index in [1.807, 2.05) is 18.7 Å². The third kappa shape index (κ3) is 4.36. The molecule has 0 unspecified atom stereocenters. The van der Waals surface area contributed by atoms with Crippen LogP contribution in [0.15, 0.2) is 35.3 Å². The van der Waals surface area contributed by atoms with E-state index in [9.17, 15) is 23.1 Å². The fraction of sp³-hybridized carbons (Fsp3) is 0.455. The van der Waals surface area contributed by atoms with E-state index in [4.69, 9.17) is 16.6 Å². The Morgan fingerprint density at radius 1 is 1.12 bits per heavy atom. The van der Waals surface area contributed by atoms with Crippen LogP contribution in [0.3, 0.4) is 0 Å². The van der Waals surface area contributed by atoms with E-state index < -0.39 is 23.4 Å². The zero-order chi connectivity index (χ0) is 23.3. The minimum Gasteiger partial charge on any atom is -0.481 e. The van der Waals surface area contributed by atoms with E-state index in [0.29, 0.717) is 54.0 Å². The van der Waals surface area contributed by atoms with Gasteiger partial charge in [0.1, 0.15) is 5.69 Å². The summed E-state index contributed by atoms with van der Waals surface area (Å²) in [4.78, 5) is 20.0. The summed E-state index contributed by atoms with van der Waals surface area (Å²) in [7, 11) is 0. The Kier molecular flexibility index (Phi) is 5.75. The monoisotopic (exact) mass is 468 g/mol. The SMILES string of the molecule is CC(C)(CC(=O)O)N1CCN(C2=Nc3ccc(Cl)cc3Cn3c2ccc3C(F)(F)F)CC1. The van der Waals surface area contributed by atoms with Crippen molar-refractivity contribution < 1.29 is 23.1 Å². The lowest BCUT2D eigenvalue weighted by atomic mass is 9.97. The first kappa shape index (κ1) is 22.7. The molecule has 1 N–H and O–H groups in total. The average Bonchev–Trinajstić information content (AvgIpc) is 3.04. The van der Waals surface area contributed by atoms with Crippen LogP contribution in [-0.4, -0.2) is 63.0 Å². The van der Waals surface area contributed by atoms with Crippen LogP contribution in [0, 0.1) is 0 Å². The summed E-state index contributed by atoms with van der Waals surface area (Å²) < 4.78 is 42.3. The minimum atomic E-state index is -4.49. The molecule has 2 aliphatic rings. The summed E-state index contributed by atoms with van der Waals surface area (Å²) in [5, 5.41) is 9.64. The van der Waals surface area contributed by atoms with Gasteiger partial charge >= 0.3 is 12.1 Å². The fourth-order valence-corrected chi connectivity index (χ4v) is 4.65. The molecule has 0 saturated carbocycles. The maximum atomic E-state index is 13.7. The van der Waals surface area contributed by atoms with Gasteiger partial charge < -0.3 is 14.6 Å². The molecule has 172 valence electrons. The molecule has 3 heterocycles. The van der Waals surface area contributed by atoms with Crippen LogP contribution in [-0.2, 0) is 17.5 Å². The van der Waals surface area contributed by atoms with E-state index in [1.165, 1.54) is 10.6 Å². The van der Waals surface area contributed by atoms with Gasteiger partial charge in [0, 0.05) is 36.7 Å². The van der Waals surface area contributed by atoms with Crippen molar-refractivity contribution in [1.82, 2.24) is 14.4 Å². The predicted octanol–water partition coefficient (Wildman–Crippen LogP) is 4.47. The Hall–Kier alpha value is -2.52. The van der Waals surface area contributed by atoms with Crippen molar-refractivity contribution in [2.75, 3.05) is 26.2 Å². The van der Waals surface area contributed by atoms with Crippen molar-refractivity contribution >= 4 is 29.1 Å². The van der Waals surface area contributed by atoms with Gasteiger partial charge in [0.05, 0.1) is 24.3 Å². The van der Waals surface area contributed by atoms with Gasteiger partial charge in [0.2, 0.25) is 0 Å². The average molecular weight is 469 g/mol. The number of fused-ring (bicyclic) bond motifs is 2. The molecule has 1 aromatic heterocycles. The number of carbonyl (C=O) groups is 1. The topological polar surface area (TPSA) is 61.1 Å². The quantitative estimate of drug-likeness (QED) is 0.722. The molecule has 0 aliphatic carbocycles. The van der Waals surface area contributed by atoms with Crippen molar-refractivity contribution in [2.24, 2.45) is 4.99 Å². The maximum absolute atomic E-state index is 13.7. The van der Waals surface area contributed by atoms with E-state index in [0.717, 1.165) is 6.07 Å². The second kappa shape index (κ2) is 8.12. The number of hydrogen-bond acceptors (Lipinski definition) is 4. The molecule has 0 spiro atoms. The standard InChI is InChI=1S/C22H24ClF3N4O2/c1-21(2,12-19(31)32)29-9-7-28(8-10-29)20-17-5-6-18(22(24,25)26)30(17)13-14-11-15(23)3-4-16(14)27-20/h3-6,11H,7-10,12-13H2,1-2H3,(H,31,32). The maximum Gasteiger partial charge on any atom is 0.431 e. The molecule has 2 aliphatic heterocycles. The Morgan fingerprint density at radius 2 is 1.81 bits per heavy atom. The van der Waals surface area contributed by atoms with E-state index in [1.54, 1.807) is 18.2 Å². The molecule has 10 heteroatoms. The number of hydrogen-bond donors (Lipinski definition) is 1. The van der Waals surface area contributed by atoms with Gasteiger partial charge in [0.25, 0.3) is 0 Å². The molecular formula is C22H24ClF3N4O2. The highest BCUT2D eigenvalue weighted by molar-refractivity contribution is 6.30. The zero-order valence-electron chi connectivity index (χ0n) is 17.8. The van der Waals surface area contributed by atoms with Crippen LogP contribution in [0.25, 0.3) is 0 Å². The Balaban J connectivity index is 1.69. The number of rotatable bonds is 3. The number of piperazine rings is 1. The number of nitrogens with zero attached hydrogens (tertiary/aromatic N) is 4. The Morgan fingerprint density at radius 3 is 2.44 bits per heavy atom. The fourth-order valence-electron chi connectivity index (χ4n) is 4.45. The number of aliphatic carboxylic acids is 1. The van der Waals surface area contributed by atoms with E-state index >= 15 is 0 Å². The van der Waals surface area contributed by atoms with Gasteiger partial charge in [-0.3, -0.25) is 9.69 Å². The second-order valence-corrected chi connectivity index (χ2v) is 9.19. The molecule has 6 nitrogen and oxygen atoms in total. The predicted molar refractivity (Wildman–Crippen MR) is 116 cm³/mol. The first-order chi connectivity index (χ1) is 15.0. The van der Waals surface area contributed by atoms with Crippen molar-refractivity contribution in [3.05, 3.63) is 52.3 Å². The summed E-state index contributed by atoms with van der Waals surface area (Å²) in [5.41, 5.74) is 0.375. The highest BCUT2D eigenvalue weighted by atomic mass is 35.5. The minimum absolute atomic E-state index is 0.0138. The third-order valence-electron chi connectivity index (χ3n) is 6.12. The van der Waals surface area contributed by atoms with Gasteiger partial charge in [-0.05, 0) is 49.7 Å². The van der Waals surface area contributed by atoms with Crippen LogP contribution in [0.4, 0.5) is 18.9 Å². The summed E-state index contributed by atoms with van der Waals surface area (Å²) in [5.74, 6) is -0.379. The van der Waals surface area contributed by atoms with Crippen LogP contribution in [0.2, 0.25) is 5.02 Å². The van der Waals surface area contributed by atoms with Gasteiger partial charge in [-0.2, -0.15) is 13.2 Å². The smallest absolute Gasteiger partial charge is 0.431 e. The molecule has 0 amide bonds. The Bertz CT molecular complexity index is 1070. The summed E-state index contributed by atoms with van der Waals surface area (Å²) in [6, 6.07) is 7.62. The summed E-state index contributed by atoms with van der Waals surface area (Å²) in [6.07, 6.45) is -4.48. The number of carboxylic acids is 1. The molecule has 0 radical (unpaired) electrons. The van der Waals surface area contributed by atoms with Crippen LogP contribution < -0.4 is 0 Å². The number of alkyl halides is 3. The Labute approximate surface area is 188 Å². The van der Waals surface area contributed by atoms with Gasteiger partial charge in [-0.15, -0.1) is 0 Å². The number of benzene rings is 1. The number of carboxylic acid groups (broad SMARTS) is 1. The molecule has 1 aromatic carbocycles. The number of halogens is 4. The highest BCUT2D eigenvalue weighted by Crippen LogP contribution is 2.36. The highest BCUT2D eigenvalue weighted by Gasteiger charge is 2.38. The van der Waals surface area contributed by atoms with Gasteiger partial charge in [-0.1, -0.05) is 11.6 Å². The molecule has 0 bridgehead atoms. The molecule has 0 atom stereocenters. The van der Waals surface area contributed by atoms with Gasteiger partial charge in [-0.25, -0.2) is 4.99 Å². The lowest BCUT2D eigenvalue weighted by Gasteiger charge is -2.44. The lowest BCUT2D eigenvalue weighted by Crippen LogP contribution is -2.56. The number of aromatic nitrogens is 1. The van der Waals surface area contributed by atoms with Gasteiger partial charge in [0.15, 0.2) is 5.84 Å². The van der Waals surface area contributed by atoms with Crippen molar-refractivity contribution in [3.63, 3.8) is 0 Å². The molecule has 4 rings (SSSR count). The molecule has 1 saturated heterocycles. The van der Waals surface area contributed by atoms with E-state index in [2.05, 4.69) is 4.90 Å².